The van der Waals surface area contributed by atoms with E-state index in [9.17, 15) is 4.79 Å². The minimum atomic E-state index is -0.111. The van der Waals surface area contributed by atoms with Crippen LogP contribution in [-0.4, -0.2) is 45.6 Å². The van der Waals surface area contributed by atoms with Crippen molar-refractivity contribution in [3.05, 3.63) is 54.1 Å². The van der Waals surface area contributed by atoms with E-state index in [0.29, 0.717) is 24.1 Å². The number of benzene rings is 2. The maximum atomic E-state index is 12.2. The maximum absolute atomic E-state index is 12.2. The number of carbonyl (C=O) groups is 1. The first-order chi connectivity index (χ1) is 13.7. The molecule has 0 aliphatic rings. The molecule has 0 spiro atoms. The third-order valence-electron chi connectivity index (χ3n) is 3.79. The van der Waals surface area contributed by atoms with E-state index < -0.39 is 0 Å². The zero-order valence-corrected chi connectivity index (χ0v) is 16.5. The number of hydrogen-bond acceptors (Lipinski definition) is 7. The van der Waals surface area contributed by atoms with Crippen molar-refractivity contribution < 1.29 is 14.3 Å². The molecule has 1 amide bonds. The predicted octanol–water partition coefficient (Wildman–Crippen LogP) is 2.48. The summed E-state index contributed by atoms with van der Waals surface area (Å²) in [6, 6.07) is 15.1. The van der Waals surface area contributed by atoms with Crippen LogP contribution in [0.2, 0.25) is 0 Å². The van der Waals surface area contributed by atoms with E-state index in [1.807, 2.05) is 55.5 Å². The summed E-state index contributed by atoms with van der Waals surface area (Å²) < 4.78 is 12.4. The quantitative estimate of drug-likeness (QED) is 0.553. The second-order valence-corrected chi connectivity index (χ2v) is 6.63. The average molecular weight is 399 g/mol. The molecule has 28 heavy (non-hydrogen) atoms. The van der Waals surface area contributed by atoms with Gasteiger partial charge in [0.2, 0.25) is 11.1 Å². The number of amides is 1. The zero-order chi connectivity index (χ0) is 19.8. The highest BCUT2D eigenvalue weighted by Gasteiger charge is 2.14. The minimum Gasteiger partial charge on any atom is -0.497 e. The second-order valence-electron chi connectivity index (χ2n) is 5.69. The van der Waals surface area contributed by atoms with Crippen molar-refractivity contribution in [2.24, 2.45) is 0 Å². The number of para-hydroxylation sites is 2. The van der Waals surface area contributed by atoms with Gasteiger partial charge in [0.05, 0.1) is 19.5 Å². The topological polar surface area (TPSA) is 91.2 Å². The molecule has 2 aromatic carbocycles. The molecule has 0 aliphatic heterocycles. The Bertz CT molecular complexity index is 931. The second kappa shape index (κ2) is 9.75. The smallest absolute Gasteiger partial charge is 0.230 e. The predicted molar refractivity (Wildman–Crippen MR) is 106 cm³/mol. The van der Waals surface area contributed by atoms with Crippen molar-refractivity contribution in [3.63, 3.8) is 0 Å². The number of aromatic nitrogens is 4. The lowest BCUT2D eigenvalue weighted by Crippen LogP contribution is -2.24. The first-order valence-electron chi connectivity index (χ1n) is 8.74. The number of methoxy groups -OCH3 is 1. The standard InChI is InChI=1S/C19H21N5O3S/c1-3-27-17-10-5-4-9-16(17)24-19(21-22-23-24)28-13-18(25)20-12-14-7-6-8-15(11-14)26-2/h4-11H,3,12-13H2,1-2H3,(H,20,25). The Morgan fingerprint density at radius 3 is 2.89 bits per heavy atom. The molecule has 3 aromatic rings. The highest BCUT2D eigenvalue weighted by atomic mass is 32.2. The zero-order valence-electron chi connectivity index (χ0n) is 15.7. The Balaban J connectivity index is 1.60. The lowest BCUT2D eigenvalue weighted by molar-refractivity contribution is -0.118. The summed E-state index contributed by atoms with van der Waals surface area (Å²) in [6.45, 7) is 2.88. The first kappa shape index (κ1) is 19.7. The lowest BCUT2D eigenvalue weighted by Gasteiger charge is -2.10. The number of thioether (sulfide) groups is 1. The summed E-state index contributed by atoms with van der Waals surface area (Å²) in [5.74, 6) is 1.52. The van der Waals surface area contributed by atoms with Crippen LogP contribution in [0, 0.1) is 0 Å². The van der Waals surface area contributed by atoms with Gasteiger partial charge < -0.3 is 14.8 Å². The van der Waals surface area contributed by atoms with Gasteiger partial charge in [0.15, 0.2) is 0 Å². The molecule has 9 heteroatoms. The molecule has 1 aromatic heterocycles. The Morgan fingerprint density at radius 1 is 1.21 bits per heavy atom. The monoisotopic (exact) mass is 399 g/mol. The van der Waals surface area contributed by atoms with Crippen LogP contribution in [0.15, 0.2) is 53.7 Å². The fourth-order valence-corrected chi connectivity index (χ4v) is 3.21. The van der Waals surface area contributed by atoms with Crippen LogP contribution in [0.3, 0.4) is 0 Å². The Morgan fingerprint density at radius 2 is 2.07 bits per heavy atom. The van der Waals surface area contributed by atoms with E-state index in [4.69, 9.17) is 9.47 Å². The van der Waals surface area contributed by atoms with E-state index in [1.54, 1.807) is 11.8 Å². The molecule has 0 unspecified atom stereocenters. The van der Waals surface area contributed by atoms with Gasteiger partial charge in [0, 0.05) is 6.54 Å². The van der Waals surface area contributed by atoms with Crippen LogP contribution in [-0.2, 0) is 11.3 Å². The number of nitrogens with one attached hydrogen (secondary N) is 1. The molecule has 0 radical (unpaired) electrons. The van der Waals surface area contributed by atoms with Gasteiger partial charge in [-0.05, 0) is 47.2 Å². The average Bonchev–Trinajstić information content (AvgIpc) is 3.20. The highest BCUT2D eigenvalue weighted by molar-refractivity contribution is 7.99. The van der Waals surface area contributed by atoms with E-state index in [0.717, 1.165) is 17.0 Å². The highest BCUT2D eigenvalue weighted by Crippen LogP contribution is 2.25. The number of tetrazole rings is 1. The van der Waals surface area contributed by atoms with E-state index >= 15 is 0 Å². The molecule has 0 saturated heterocycles. The number of nitrogens with zero attached hydrogens (tertiary/aromatic N) is 4. The largest absolute Gasteiger partial charge is 0.497 e. The third kappa shape index (κ3) is 5.01. The van der Waals surface area contributed by atoms with Crippen molar-refractivity contribution in [2.45, 2.75) is 18.6 Å². The summed E-state index contributed by atoms with van der Waals surface area (Å²) in [6.07, 6.45) is 0. The van der Waals surface area contributed by atoms with Crippen molar-refractivity contribution in [1.29, 1.82) is 0 Å². The fourth-order valence-electron chi connectivity index (χ4n) is 2.49. The van der Waals surface area contributed by atoms with Crippen LogP contribution in [0.1, 0.15) is 12.5 Å². The summed E-state index contributed by atoms with van der Waals surface area (Å²) in [7, 11) is 1.61. The minimum absolute atomic E-state index is 0.111. The Labute approximate surface area is 167 Å². The molecule has 0 aliphatic carbocycles. The maximum Gasteiger partial charge on any atom is 0.230 e. The van der Waals surface area contributed by atoms with Crippen LogP contribution in [0.4, 0.5) is 0 Å². The van der Waals surface area contributed by atoms with Gasteiger partial charge in [-0.2, -0.15) is 4.68 Å². The van der Waals surface area contributed by atoms with Crippen LogP contribution in [0.25, 0.3) is 5.69 Å². The molecule has 8 nitrogen and oxygen atoms in total. The van der Waals surface area contributed by atoms with Crippen molar-refractivity contribution >= 4 is 17.7 Å². The lowest BCUT2D eigenvalue weighted by atomic mass is 10.2. The van der Waals surface area contributed by atoms with Gasteiger partial charge in [-0.25, -0.2) is 0 Å². The summed E-state index contributed by atoms with van der Waals surface area (Å²) in [4.78, 5) is 12.2. The normalized spacial score (nSPS) is 10.5. The summed E-state index contributed by atoms with van der Waals surface area (Å²) >= 11 is 1.26. The molecular weight excluding hydrogens is 378 g/mol. The molecule has 0 atom stereocenters. The van der Waals surface area contributed by atoms with E-state index in [-0.39, 0.29) is 11.7 Å². The van der Waals surface area contributed by atoms with Crippen LogP contribution >= 0.6 is 11.8 Å². The van der Waals surface area contributed by atoms with Crippen molar-refractivity contribution in [2.75, 3.05) is 19.5 Å². The SMILES string of the molecule is CCOc1ccccc1-n1nnnc1SCC(=O)NCc1cccc(OC)c1. The summed E-state index contributed by atoms with van der Waals surface area (Å²) in [5, 5.41) is 15.2. The van der Waals surface area contributed by atoms with Gasteiger partial charge in [-0.3, -0.25) is 4.79 Å². The summed E-state index contributed by atoms with van der Waals surface area (Å²) in [5.41, 5.74) is 1.70. The van der Waals surface area contributed by atoms with Crippen LogP contribution in [0.5, 0.6) is 11.5 Å². The van der Waals surface area contributed by atoms with Gasteiger partial charge in [0.1, 0.15) is 17.2 Å². The van der Waals surface area contributed by atoms with Crippen molar-refractivity contribution in [1.82, 2.24) is 25.5 Å². The van der Waals surface area contributed by atoms with Crippen LogP contribution < -0.4 is 14.8 Å². The van der Waals surface area contributed by atoms with Gasteiger partial charge in [-0.15, -0.1) is 5.10 Å². The number of ether oxygens (including phenoxy) is 2. The molecule has 1 N–H and O–H groups in total. The molecular formula is C19H21N5O3S. The van der Waals surface area contributed by atoms with Gasteiger partial charge >= 0.3 is 0 Å². The first-order valence-corrected chi connectivity index (χ1v) is 9.72. The molecule has 0 fully saturated rings. The molecule has 0 saturated carbocycles. The van der Waals surface area contributed by atoms with E-state index in [1.165, 1.54) is 11.8 Å². The van der Waals surface area contributed by atoms with Gasteiger partial charge in [-0.1, -0.05) is 36.0 Å². The van der Waals surface area contributed by atoms with E-state index in [2.05, 4.69) is 20.8 Å². The molecule has 3 rings (SSSR count). The molecule has 1 heterocycles. The Hall–Kier alpha value is -3.07. The molecule has 0 bridgehead atoms. The Kier molecular flexibility index (Phi) is 6.85. The fraction of sp³-hybridized carbons (Fsp3) is 0.263. The number of rotatable bonds is 9. The number of hydrogen-bond donors (Lipinski definition) is 1. The van der Waals surface area contributed by atoms with Crippen molar-refractivity contribution in [3.8, 4) is 17.2 Å². The molecule has 146 valence electrons. The number of carbonyl (C=O) groups excluding carboxylic acids is 1. The third-order valence-corrected chi connectivity index (χ3v) is 4.71. The van der Waals surface area contributed by atoms with Gasteiger partial charge in [0.25, 0.3) is 0 Å².